The standard InChI is InChI=1S/C15H27N3O2/c1-16(2)15(20)18-11-7-8-13(12-18)14(19)17-9-5-3-4-6-10-17/h13H,3-12H2,1-2H3. The summed E-state index contributed by atoms with van der Waals surface area (Å²) in [6.07, 6.45) is 6.58. The lowest BCUT2D eigenvalue weighted by atomic mass is 9.96. The van der Waals surface area contributed by atoms with Crippen molar-refractivity contribution in [2.75, 3.05) is 40.3 Å². The van der Waals surface area contributed by atoms with Crippen molar-refractivity contribution < 1.29 is 9.59 Å². The second-order valence-electron chi connectivity index (χ2n) is 6.20. The third-order valence-corrected chi connectivity index (χ3v) is 4.34. The van der Waals surface area contributed by atoms with Crippen LogP contribution in [0.15, 0.2) is 0 Å². The Morgan fingerprint density at radius 3 is 2.10 bits per heavy atom. The van der Waals surface area contributed by atoms with E-state index in [2.05, 4.69) is 0 Å². The Labute approximate surface area is 121 Å². The van der Waals surface area contributed by atoms with Gasteiger partial charge in [0.25, 0.3) is 0 Å². The molecule has 2 saturated heterocycles. The molecular formula is C15H27N3O2. The molecule has 2 fully saturated rings. The molecule has 2 heterocycles. The summed E-state index contributed by atoms with van der Waals surface area (Å²) >= 11 is 0. The van der Waals surface area contributed by atoms with Crippen molar-refractivity contribution in [1.82, 2.24) is 14.7 Å². The average Bonchev–Trinajstić information content (AvgIpc) is 2.74. The van der Waals surface area contributed by atoms with Crippen molar-refractivity contribution in [2.45, 2.75) is 38.5 Å². The molecule has 0 aromatic heterocycles. The Hall–Kier alpha value is -1.26. The Kier molecular flexibility index (Phi) is 5.26. The minimum absolute atomic E-state index is 0.00532. The molecule has 3 amide bonds. The summed E-state index contributed by atoms with van der Waals surface area (Å²) in [5.74, 6) is 0.272. The molecule has 2 aliphatic heterocycles. The van der Waals surface area contributed by atoms with E-state index in [1.165, 1.54) is 12.8 Å². The van der Waals surface area contributed by atoms with Gasteiger partial charge in [0.15, 0.2) is 0 Å². The van der Waals surface area contributed by atoms with Crippen LogP contribution in [0.25, 0.3) is 0 Å². The van der Waals surface area contributed by atoms with Gasteiger partial charge in [-0.05, 0) is 25.7 Å². The zero-order valence-electron chi connectivity index (χ0n) is 12.8. The second-order valence-corrected chi connectivity index (χ2v) is 6.20. The van der Waals surface area contributed by atoms with E-state index >= 15 is 0 Å². The van der Waals surface area contributed by atoms with Crippen LogP contribution in [0.5, 0.6) is 0 Å². The van der Waals surface area contributed by atoms with Crippen LogP contribution in [-0.4, -0.2) is 66.9 Å². The van der Waals surface area contributed by atoms with Crippen LogP contribution in [-0.2, 0) is 4.79 Å². The fourth-order valence-corrected chi connectivity index (χ4v) is 3.18. The summed E-state index contributed by atoms with van der Waals surface area (Å²) in [5.41, 5.74) is 0. The first-order chi connectivity index (χ1) is 9.59. The molecule has 0 spiro atoms. The third-order valence-electron chi connectivity index (χ3n) is 4.34. The minimum atomic E-state index is 0.00532. The van der Waals surface area contributed by atoms with Crippen LogP contribution in [0.1, 0.15) is 38.5 Å². The predicted molar refractivity (Wildman–Crippen MR) is 78.4 cm³/mol. The summed E-state index contributed by atoms with van der Waals surface area (Å²) < 4.78 is 0. The highest BCUT2D eigenvalue weighted by Crippen LogP contribution is 2.21. The fraction of sp³-hybridized carbons (Fsp3) is 0.867. The van der Waals surface area contributed by atoms with Crippen molar-refractivity contribution in [1.29, 1.82) is 0 Å². The number of amides is 3. The lowest BCUT2D eigenvalue weighted by molar-refractivity contribution is -0.136. The molecule has 0 saturated carbocycles. The van der Waals surface area contributed by atoms with Gasteiger partial charge in [0.2, 0.25) is 5.91 Å². The molecule has 2 aliphatic rings. The zero-order chi connectivity index (χ0) is 14.5. The summed E-state index contributed by atoms with van der Waals surface area (Å²) in [6, 6.07) is 0.0263. The molecule has 0 N–H and O–H groups in total. The lowest BCUT2D eigenvalue weighted by Gasteiger charge is -2.35. The van der Waals surface area contributed by atoms with Crippen LogP contribution >= 0.6 is 0 Å². The quantitative estimate of drug-likeness (QED) is 0.735. The van der Waals surface area contributed by atoms with Gasteiger partial charge in [-0.3, -0.25) is 4.79 Å². The molecule has 1 unspecified atom stereocenters. The highest BCUT2D eigenvalue weighted by atomic mass is 16.2. The largest absolute Gasteiger partial charge is 0.342 e. The van der Waals surface area contributed by atoms with E-state index in [0.717, 1.165) is 45.3 Å². The van der Waals surface area contributed by atoms with Crippen molar-refractivity contribution in [3.05, 3.63) is 0 Å². The number of hydrogen-bond acceptors (Lipinski definition) is 2. The van der Waals surface area contributed by atoms with E-state index in [0.29, 0.717) is 6.54 Å². The first kappa shape index (κ1) is 15.1. The smallest absolute Gasteiger partial charge is 0.319 e. The van der Waals surface area contributed by atoms with Gasteiger partial charge < -0.3 is 14.7 Å². The van der Waals surface area contributed by atoms with Crippen molar-refractivity contribution in [2.24, 2.45) is 5.92 Å². The highest BCUT2D eigenvalue weighted by molar-refractivity contribution is 5.81. The highest BCUT2D eigenvalue weighted by Gasteiger charge is 2.31. The van der Waals surface area contributed by atoms with Gasteiger partial charge >= 0.3 is 6.03 Å². The predicted octanol–water partition coefficient (Wildman–Crippen LogP) is 1.78. The van der Waals surface area contributed by atoms with E-state index < -0.39 is 0 Å². The molecule has 2 rings (SSSR count). The Balaban J connectivity index is 1.93. The van der Waals surface area contributed by atoms with Gasteiger partial charge in [-0.1, -0.05) is 12.8 Å². The Morgan fingerprint density at radius 2 is 1.50 bits per heavy atom. The first-order valence-electron chi connectivity index (χ1n) is 7.84. The SMILES string of the molecule is CN(C)C(=O)N1CCCC(C(=O)N2CCCCCC2)C1. The van der Waals surface area contributed by atoms with Crippen LogP contribution in [0, 0.1) is 5.92 Å². The normalized spacial score (nSPS) is 24.2. The van der Waals surface area contributed by atoms with E-state index in [1.54, 1.807) is 19.0 Å². The molecular weight excluding hydrogens is 254 g/mol. The Bertz CT molecular complexity index is 349. The molecule has 1 atom stereocenters. The van der Waals surface area contributed by atoms with Gasteiger partial charge in [0, 0.05) is 40.3 Å². The van der Waals surface area contributed by atoms with Crippen molar-refractivity contribution >= 4 is 11.9 Å². The van der Waals surface area contributed by atoms with E-state index in [9.17, 15) is 9.59 Å². The molecule has 0 bridgehead atoms. The molecule has 5 heteroatoms. The number of piperidine rings is 1. The van der Waals surface area contributed by atoms with Gasteiger partial charge in [0.05, 0.1) is 5.92 Å². The molecule has 0 radical (unpaired) electrons. The van der Waals surface area contributed by atoms with Crippen LogP contribution < -0.4 is 0 Å². The number of rotatable bonds is 1. The maximum absolute atomic E-state index is 12.6. The molecule has 0 aliphatic carbocycles. The topological polar surface area (TPSA) is 43.9 Å². The molecule has 0 aromatic carbocycles. The summed E-state index contributed by atoms with van der Waals surface area (Å²) in [6.45, 7) is 3.17. The number of hydrogen-bond donors (Lipinski definition) is 0. The molecule has 0 aromatic rings. The minimum Gasteiger partial charge on any atom is -0.342 e. The monoisotopic (exact) mass is 281 g/mol. The maximum atomic E-state index is 12.6. The summed E-state index contributed by atoms with van der Waals surface area (Å²) in [4.78, 5) is 30.1. The average molecular weight is 281 g/mol. The molecule has 114 valence electrons. The lowest BCUT2D eigenvalue weighted by Crippen LogP contribution is -2.49. The number of carbonyl (C=O) groups excluding carboxylic acids is 2. The van der Waals surface area contributed by atoms with E-state index in [-0.39, 0.29) is 17.9 Å². The molecule has 5 nitrogen and oxygen atoms in total. The molecule has 20 heavy (non-hydrogen) atoms. The van der Waals surface area contributed by atoms with Crippen LogP contribution in [0.4, 0.5) is 4.79 Å². The first-order valence-corrected chi connectivity index (χ1v) is 7.84. The van der Waals surface area contributed by atoms with Gasteiger partial charge in [-0.15, -0.1) is 0 Å². The zero-order valence-corrected chi connectivity index (χ0v) is 12.8. The third kappa shape index (κ3) is 3.64. The van der Waals surface area contributed by atoms with Gasteiger partial charge in [0.1, 0.15) is 0 Å². The summed E-state index contributed by atoms with van der Waals surface area (Å²) in [7, 11) is 3.53. The van der Waals surface area contributed by atoms with Crippen LogP contribution in [0.2, 0.25) is 0 Å². The van der Waals surface area contributed by atoms with Gasteiger partial charge in [-0.25, -0.2) is 4.79 Å². The van der Waals surface area contributed by atoms with E-state index in [1.807, 2.05) is 9.80 Å². The number of nitrogens with zero attached hydrogens (tertiary/aromatic N) is 3. The second kappa shape index (κ2) is 6.95. The maximum Gasteiger partial charge on any atom is 0.319 e. The van der Waals surface area contributed by atoms with Crippen molar-refractivity contribution in [3.63, 3.8) is 0 Å². The fourth-order valence-electron chi connectivity index (χ4n) is 3.18. The van der Waals surface area contributed by atoms with Crippen molar-refractivity contribution in [3.8, 4) is 0 Å². The Morgan fingerprint density at radius 1 is 0.900 bits per heavy atom. The number of carbonyl (C=O) groups is 2. The summed E-state index contributed by atoms with van der Waals surface area (Å²) in [5, 5.41) is 0. The van der Waals surface area contributed by atoms with E-state index in [4.69, 9.17) is 0 Å². The van der Waals surface area contributed by atoms with Crippen LogP contribution in [0.3, 0.4) is 0 Å². The number of urea groups is 1. The van der Waals surface area contributed by atoms with Gasteiger partial charge in [-0.2, -0.15) is 0 Å². The number of likely N-dealkylation sites (tertiary alicyclic amines) is 2.